The molecule has 0 unspecified atom stereocenters. The van der Waals surface area contributed by atoms with E-state index in [-0.39, 0.29) is 5.91 Å². The van der Waals surface area contributed by atoms with E-state index in [0.29, 0.717) is 19.0 Å². The first-order chi connectivity index (χ1) is 9.49. The van der Waals surface area contributed by atoms with Crippen LogP contribution >= 0.6 is 0 Å². The molecule has 2 rings (SSSR count). The van der Waals surface area contributed by atoms with Crippen molar-refractivity contribution in [1.29, 1.82) is 0 Å². The van der Waals surface area contributed by atoms with E-state index in [0.717, 1.165) is 17.1 Å². The lowest BCUT2D eigenvalue weighted by molar-refractivity contribution is -0.121. The summed E-state index contributed by atoms with van der Waals surface area (Å²) in [4.78, 5) is 16.3. The molecule has 108 valence electrons. The number of nitrogens with one attached hydrogen (secondary N) is 1. The maximum absolute atomic E-state index is 12.0. The van der Waals surface area contributed by atoms with E-state index in [1.165, 1.54) is 0 Å². The molecule has 1 N–H and O–H groups in total. The fourth-order valence-electron chi connectivity index (χ4n) is 2.08. The van der Waals surface area contributed by atoms with Crippen molar-refractivity contribution in [2.24, 2.45) is 7.05 Å². The summed E-state index contributed by atoms with van der Waals surface area (Å²) >= 11 is 0. The van der Waals surface area contributed by atoms with Crippen molar-refractivity contribution >= 4 is 5.91 Å². The Hall–Kier alpha value is -2.11. The van der Waals surface area contributed by atoms with Crippen LogP contribution in [0, 0.1) is 6.92 Å². The van der Waals surface area contributed by atoms with Crippen LogP contribution in [0.15, 0.2) is 18.6 Å². The first kappa shape index (κ1) is 14.3. The minimum absolute atomic E-state index is 0.0202. The standard InChI is InChI=1S/C14H21N5O/c1-10(2)14-15-5-6-19(14)9-13(20)16-7-12-8-17-18(4)11(12)3/h5-6,8,10H,7,9H2,1-4H3,(H,16,20). The zero-order valence-corrected chi connectivity index (χ0v) is 12.4. The van der Waals surface area contributed by atoms with Gasteiger partial charge in [-0.1, -0.05) is 13.8 Å². The molecule has 6 nitrogen and oxygen atoms in total. The third-order valence-electron chi connectivity index (χ3n) is 3.39. The second kappa shape index (κ2) is 5.90. The van der Waals surface area contributed by atoms with Crippen LogP contribution in [-0.4, -0.2) is 25.2 Å². The van der Waals surface area contributed by atoms with Gasteiger partial charge in [-0.25, -0.2) is 4.98 Å². The molecule has 0 fully saturated rings. The van der Waals surface area contributed by atoms with Gasteiger partial charge in [0.25, 0.3) is 0 Å². The zero-order valence-electron chi connectivity index (χ0n) is 12.4. The highest BCUT2D eigenvalue weighted by atomic mass is 16.1. The molecular weight excluding hydrogens is 254 g/mol. The van der Waals surface area contributed by atoms with E-state index in [2.05, 4.69) is 29.2 Å². The van der Waals surface area contributed by atoms with E-state index in [4.69, 9.17) is 0 Å². The molecule has 0 aliphatic carbocycles. The third-order valence-corrected chi connectivity index (χ3v) is 3.39. The Morgan fingerprint density at radius 1 is 1.45 bits per heavy atom. The first-order valence-electron chi connectivity index (χ1n) is 6.74. The molecule has 2 aromatic rings. The topological polar surface area (TPSA) is 64.7 Å². The molecule has 0 spiro atoms. The summed E-state index contributed by atoms with van der Waals surface area (Å²) in [5, 5.41) is 7.07. The number of amides is 1. The number of rotatable bonds is 5. The minimum Gasteiger partial charge on any atom is -0.350 e. The van der Waals surface area contributed by atoms with E-state index in [1.807, 2.05) is 24.7 Å². The Balaban J connectivity index is 1.93. The van der Waals surface area contributed by atoms with E-state index >= 15 is 0 Å². The van der Waals surface area contributed by atoms with Crippen LogP contribution in [0.2, 0.25) is 0 Å². The molecular formula is C14H21N5O. The quantitative estimate of drug-likeness (QED) is 0.896. The highest BCUT2D eigenvalue weighted by Gasteiger charge is 2.11. The van der Waals surface area contributed by atoms with Gasteiger partial charge < -0.3 is 9.88 Å². The molecule has 20 heavy (non-hydrogen) atoms. The lowest BCUT2D eigenvalue weighted by Crippen LogP contribution is -2.27. The summed E-state index contributed by atoms with van der Waals surface area (Å²) in [7, 11) is 1.89. The first-order valence-corrected chi connectivity index (χ1v) is 6.74. The van der Waals surface area contributed by atoms with Crippen molar-refractivity contribution in [3.8, 4) is 0 Å². The molecule has 0 bridgehead atoms. The Morgan fingerprint density at radius 3 is 2.80 bits per heavy atom. The molecule has 1 amide bonds. The molecule has 0 saturated carbocycles. The van der Waals surface area contributed by atoms with Gasteiger partial charge in [0.2, 0.25) is 5.91 Å². The highest BCUT2D eigenvalue weighted by Crippen LogP contribution is 2.11. The number of nitrogens with zero attached hydrogens (tertiary/aromatic N) is 4. The average Bonchev–Trinajstić information content (AvgIpc) is 2.97. The fraction of sp³-hybridized carbons (Fsp3) is 0.500. The van der Waals surface area contributed by atoms with Gasteiger partial charge in [-0.2, -0.15) is 5.10 Å². The Bertz CT molecular complexity index is 596. The monoisotopic (exact) mass is 275 g/mol. The Labute approximate surface area is 118 Å². The Morgan fingerprint density at radius 2 is 2.20 bits per heavy atom. The van der Waals surface area contributed by atoms with Crippen LogP contribution in [0.1, 0.15) is 36.8 Å². The van der Waals surface area contributed by atoms with Crippen LogP contribution in [-0.2, 0) is 24.9 Å². The second-order valence-electron chi connectivity index (χ2n) is 5.22. The van der Waals surface area contributed by atoms with Gasteiger partial charge in [0.1, 0.15) is 12.4 Å². The van der Waals surface area contributed by atoms with E-state index in [9.17, 15) is 4.79 Å². The van der Waals surface area contributed by atoms with Gasteiger partial charge in [0.15, 0.2) is 0 Å². The second-order valence-corrected chi connectivity index (χ2v) is 5.22. The lowest BCUT2D eigenvalue weighted by atomic mass is 10.2. The summed E-state index contributed by atoms with van der Waals surface area (Å²) < 4.78 is 3.68. The number of aromatic nitrogens is 4. The van der Waals surface area contributed by atoms with Crippen LogP contribution in [0.4, 0.5) is 0 Å². The average molecular weight is 275 g/mol. The van der Waals surface area contributed by atoms with Gasteiger partial charge in [-0.3, -0.25) is 9.48 Å². The fourth-order valence-corrected chi connectivity index (χ4v) is 2.08. The number of imidazole rings is 1. The SMILES string of the molecule is Cc1c(CNC(=O)Cn2ccnc2C(C)C)cnn1C. The molecule has 2 heterocycles. The predicted molar refractivity (Wildman–Crippen MR) is 76.1 cm³/mol. The molecule has 0 saturated heterocycles. The maximum atomic E-state index is 12.0. The third kappa shape index (κ3) is 3.07. The van der Waals surface area contributed by atoms with Gasteiger partial charge >= 0.3 is 0 Å². The van der Waals surface area contributed by atoms with E-state index < -0.39 is 0 Å². The van der Waals surface area contributed by atoms with Crippen LogP contribution in [0.3, 0.4) is 0 Å². The number of hydrogen-bond acceptors (Lipinski definition) is 3. The van der Waals surface area contributed by atoms with Crippen molar-refractivity contribution in [2.75, 3.05) is 0 Å². The largest absolute Gasteiger partial charge is 0.350 e. The number of aryl methyl sites for hydroxylation is 1. The smallest absolute Gasteiger partial charge is 0.240 e. The zero-order chi connectivity index (χ0) is 14.7. The summed E-state index contributed by atoms with van der Waals surface area (Å²) in [6.07, 6.45) is 5.35. The van der Waals surface area contributed by atoms with Crippen LogP contribution in [0.5, 0.6) is 0 Å². The van der Waals surface area contributed by atoms with Crippen molar-refractivity contribution in [2.45, 2.75) is 39.8 Å². The van der Waals surface area contributed by atoms with Gasteiger partial charge in [-0.05, 0) is 6.92 Å². The van der Waals surface area contributed by atoms with E-state index in [1.54, 1.807) is 17.1 Å². The predicted octanol–water partition coefficient (Wildman–Crippen LogP) is 1.36. The van der Waals surface area contributed by atoms with Crippen molar-refractivity contribution in [3.05, 3.63) is 35.7 Å². The van der Waals surface area contributed by atoms with Gasteiger partial charge in [0, 0.05) is 43.2 Å². The Kier molecular flexibility index (Phi) is 4.22. The van der Waals surface area contributed by atoms with Crippen molar-refractivity contribution in [1.82, 2.24) is 24.6 Å². The number of hydrogen-bond donors (Lipinski definition) is 1. The molecule has 0 radical (unpaired) electrons. The van der Waals surface area contributed by atoms with Gasteiger partial charge in [-0.15, -0.1) is 0 Å². The summed E-state index contributed by atoms with van der Waals surface area (Å²) in [5.41, 5.74) is 2.10. The lowest BCUT2D eigenvalue weighted by Gasteiger charge is -2.10. The van der Waals surface area contributed by atoms with Crippen molar-refractivity contribution < 1.29 is 4.79 Å². The normalized spacial score (nSPS) is 11.1. The van der Waals surface area contributed by atoms with Crippen molar-refractivity contribution in [3.63, 3.8) is 0 Å². The molecule has 0 aliphatic heterocycles. The molecule has 0 aromatic carbocycles. The number of carbonyl (C=O) groups excluding carboxylic acids is 1. The van der Waals surface area contributed by atoms with Crippen LogP contribution < -0.4 is 5.32 Å². The molecule has 2 aromatic heterocycles. The summed E-state index contributed by atoms with van der Waals surface area (Å²) in [5.74, 6) is 1.21. The maximum Gasteiger partial charge on any atom is 0.240 e. The number of carbonyl (C=O) groups is 1. The van der Waals surface area contributed by atoms with Crippen LogP contribution in [0.25, 0.3) is 0 Å². The molecule has 0 atom stereocenters. The van der Waals surface area contributed by atoms with Gasteiger partial charge in [0.05, 0.1) is 6.20 Å². The minimum atomic E-state index is -0.0202. The summed E-state index contributed by atoms with van der Waals surface area (Å²) in [6.45, 7) is 6.92. The molecule has 0 aliphatic rings. The summed E-state index contributed by atoms with van der Waals surface area (Å²) in [6, 6.07) is 0. The highest BCUT2D eigenvalue weighted by molar-refractivity contribution is 5.75. The molecule has 6 heteroatoms.